The molecule has 6 rings (SSSR count). The van der Waals surface area contributed by atoms with E-state index < -0.39 is 5.66 Å². The summed E-state index contributed by atoms with van der Waals surface area (Å²) in [5.41, 5.74) is 1.13. The first kappa shape index (κ1) is 19.0. The van der Waals surface area contributed by atoms with Crippen LogP contribution in [0.15, 0.2) is 24.3 Å². The van der Waals surface area contributed by atoms with Crippen LogP contribution in [-0.4, -0.2) is 23.5 Å². The smallest absolute Gasteiger partial charge is 0.255 e. The van der Waals surface area contributed by atoms with Gasteiger partial charge in [0.2, 0.25) is 5.91 Å². The van der Waals surface area contributed by atoms with Gasteiger partial charge in [0.05, 0.1) is 5.56 Å². The van der Waals surface area contributed by atoms with Gasteiger partial charge in [0.1, 0.15) is 5.66 Å². The molecule has 2 bridgehead atoms. The lowest BCUT2D eigenvalue weighted by molar-refractivity contribution is -0.140. The Morgan fingerprint density at radius 1 is 1.07 bits per heavy atom. The number of hydrogen-bond donors (Lipinski definition) is 3. The van der Waals surface area contributed by atoms with Gasteiger partial charge in [0.15, 0.2) is 0 Å². The fraction of sp³-hybridized carbons (Fsp3) is 0.667. The van der Waals surface area contributed by atoms with Crippen LogP contribution in [0.3, 0.4) is 0 Å². The molecule has 2 amide bonds. The molecule has 5 heteroatoms. The molecule has 0 radical (unpaired) electrons. The molecule has 0 aromatic heterocycles. The number of carbonyl (C=O) groups is 2. The topological polar surface area (TPSA) is 70.2 Å². The van der Waals surface area contributed by atoms with Gasteiger partial charge in [-0.3, -0.25) is 9.59 Å². The van der Waals surface area contributed by atoms with Gasteiger partial charge in [-0.2, -0.15) is 0 Å². The average Bonchev–Trinajstić information content (AvgIpc) is 2.96. The van der Waals surface area contributed by atoms with Crippen molar-refractivity contribution in [3.63, 3.8) is 0 Å². The third-order valence-electron chi connectivity index (χ3n) is 8.19. The van der Waals surface area contributed by atoms with E-state index in [0.29, 0.717) is 11.6 Å². The lowest BCUT2D eigenvalue weighted by atomic mass is 9.51. The van der Waals surface area contributed by atoms with Gasteiger partial charge < -0.3 is 16.0 Å². The monoisotopic (exact) mass is 395 g/mol. The summed E-state index contributed by atoms with van der Waals surface area (Å²) in [6, 6.07) is 8.10. The molecule has 5 aliphatic rings. The Hall–Kier alpha value is -2.04. The van der Waals surface area contributed by atoms with Crippen LogP contribution >= 0.6 is 0 Å². The molecule has 0 saturated heterocycles. The predicted molar refractivity (Wildman–Crippen MR) is 113 cm³/mol. The van der Waals surface area contributed by atoms with E-state index in [9.17, 15) is 9.59 Å². The summed E-state index contributed by atoms with van der Waals surface area (Å²) in [5, 5.41) is 10.4. The quantitative estimate of drug-likeness (QED) is 0.657. The average molecular weight is 396 g/mol. The molecular weight excluding hydrogens is 362 g/mol. The van der Waals surface area contributed by atoms with Crippen molar-refractivity contribution in [3.8, 4) is 0 Å². The number of para-hydroxylation sites is 1. The van der Waals surface area contributed by atoms with Crippen molar-refractivity contribution < 1.29 is 9.59 Å². The Kier molecular flexibility index (Phi) is 4.60. The summed E-state index contributed by atoms with van der Waals surface area (Å²) in [4.78, 5) is 26.1. The molecule has 1 aliphatic heterocycles. The van der Waals surface area contributed by atoms with E-state index in [-0.39, 0.29) is 29.1 Å². The first-order valence-corrected chi connectivity index (χ1v) is 11.5. The third kappa shape index (κ3) is 3.23. The van der Waals surface area contributed by atoms with Gasteiger partial charge in [-0.15, -0.1) is 0 Å². The summed E-state index contributed by atoms with van der Waals surface area (Å²) < 4.78 is 0. The number of anilines is 1. The minimum Gasteiger partial charge on any atom is -0.362 e. The van der Waals surface area contributed by atoms with Crippen LogP contribution in [0.2, 0.25) is 0 Å². The minimum absolute atomic E-state index is 0.00922. The van der Waals surface area contributed by atoms with Gasteiger partial charge in [0.25, 0.3) is 5.91 Å². The third-order valence-corrected chi connectivity index (χ3v) is 8.19. The maximum atomic E-state index is 13.3. The van der Waals surface area contributed by atoms with Gasteiger partial charge >= 0.3 is 0 Å². The van der Waals surface area contributed by atoms with E-state index in [4.69, 9.17) is 0 Å². The van der Waals surface area contributed by atoms with E-state index in [1.807, 2.05) is 24.3 Å². The highest BCUT2D eigenvalue weighted by atomic mass is 16.2. The molecule has 156 valence electrons. The second-order valence-electron chi connectivity index (χ2n) is 10.1. The minimum atomic E-state index is -0.419. The Morgan fingerprint density at radius 2 is 1.83 bits per heavy atom. The lowest BCUT2D eigenvalue weighted by Crippen LogP contribution is -2.70. The highest BCUT2D eigenvalue weighted by molar-refractivity contribution is 6.02. The number of amides is 2. The number of rotatable bonds is 2. The molecule has 4 aliphatic carbocycles. The molecule has 3 N–H and O–H groups in total. The van der Waals surface area contributed by atoms with Crippen LogP contribution in [0.5, 0.6) is 0 Å². The van der Waals surface area contributed by atoms with Crippen LogP contribution in [0.4, 0.5) is 5.69 Å². The fourth-order valence-electron chi connectivity index (χ4n) is 6.58. The number of carbonyl (C=O) groups excluding carboxylic acids is 2. The molecule has 1 heterocycles. The maximum absolute atomic E-state index is 13.3. The summed E-state index contributed by atoms with van der Waals surface area (Å²) in [6.45, 7) is 2.26. The zero-order chi connectivity index (χ0) is 20.1. The summed E-state index contributed by atoms with van der Waals surface area (Å²) in [7, 11) is 0. The molecule has 29 heavy (non-hydrogen) atoms. The van der Waals surface area contributed by atoms with Gasteiger partial charge in [-0.1, -0.05) is 44.7 Å². The lowest BCUT2D eigenvalue weighted by Gasteiger charge is -2.60. The van der Waals surface area contributed by atoms with E-state index in [0.717, 1.165) is 44.2 Å². The predicted octanol–water partition coefficient (Wildman–Crippen LogP) is 4.20. The van der Waals surface area contributed by atoms with Crippen molar-refractivity contribution in [2.75, 3.05) is 5.32 Å². The summed E-state index contributed by atoms with van der Waals surface area (Å²) in [6.07, 6.45) is 11.1. The molecule has 4 fully saturated rings. The van der Waals surface area contributed by atoms with Gasteiger partial charge in [-0.05, 0) is 56.1 Å². The van der Waals surface area contributed by atoms with Gasteiger partial charge in [-0.25, -0.2) is 0 Å². The Bertz CT molecular complexity index is 816. The summed E-state index contributed by atoms with van der Waals surface area (Å²) >= 11 is 0. The van der Waals surface area contributed by atoms with Crippen molar-refractivity contribution >= 4 is 17.5 Å². The number of hydrogen-bond acceptors (Lipinski definition) is 3. The molecule has 1 spiro atoms. The number of fused-ring (bicyclic) bond motifs is 3. The SMILES string of the molecule is C[C@]12CC[C@H](C[C@@H]1C(=O)NC1CCCCCC1)[C@]1(C2)NC(=O)c2ccccc2N1. The largest absolute Gasteiger partial charge is 0.362 e. The standard InChI is InChI=1S/C24H33N3O2/c1-23-13-12-16(14-19(23)22(29)25-17-8-4-2-3-5-9-17)24(15-23)26-20-11-7-6-10-18(20)21(28)27-24/h6-7,10-11,16-17,19,26H,2-5,8-9,12-15H2,1H3,(H,25,29)(H,27,28)/t16-,19-,23-,24+/m1/s1. The molecule has 4 atom stereocenters. The van der Waals surface area contributed by atoms with Crippen molar-refractivity contribution in [1.29, 1.82) is 0 Å². The summed E-state index contributed by atoms with van der Waals surface area (Å²) in [5.74, 6) is 0.592. The van der Waals surface area contributed by atoms with Crippen LogP contribution in [0, 0.1) is 17.3 Å². The Balaban J connectivity index is 1.35. The number of benzene rings is 1. The zero-order valence-electron chi connectivity index (χ0n) is 17.4. The van der Waals surface area contributed by atoms with Crippen LogP contribution in [0.25, 0.3) is 0 Å². The number of nitrogens with one attached hydrogen (secondary N) is 3. The highest BCUT2D eigenvalue weighted by Crippen LogP contribution is 2.58. The van der Waals surface area contributed by atoms with Crippen LogP contribution in [-0.2, 0) is 4.79 Å². The first-order chi connectivity index (χ1) is 14.0. The normalized spacial score (nSPS) is 36.7. The Labute approximate surface area is 173 Å². The van der Waals surface area contributed by atoms with Crippen LogP contribution < -0.4 is 16.0 Å². The van der Waals surface area contributed by atoms with Crippen molar-refractivity contribution in [2.45, 2.75) is 82.8 Å². The second kappa shape index (κ2) is 7.03. The molecule has 5 nitrogen and oxygen atoms in total. The molecule has 0 unspecified atom stereocenters. The molecular formula is C24H33N3O2. The van der Waals surface area contributed by atoms with Crippen molar-refractivity contribution in [2.24, 2.45) is 17.3 Å². The van der Waals surface area contributed by atoms with Crippen molar-refractivity contribution in [3.05, 3.63) is 29.8 Å². The first-order valence-electron chi connectivity index (χ1n) is 11.5. The highest BCUT2D eigenvalue weighted by Gasteiger charge is 2.60. The fourth-order valence-corrected chi connectivity index (χ4v) is 6.58. The molecule has 4 saturated carbocycles. The zero-order valence-corrected chi connectivity index (χ0v) is 17.4. The molecule has 1 aromatic rings. The van der Waals surface area contributed by atoms with E-state index in [2.05, 4.69) is 22.9 Å². The van der Waals surface area contributed by atoms with Gasteiger partial charge in [0, 0.05) is 23.6 Å². The van der Waals surface area contributed by atoms with Crippen LogP contribution in [0.1, 0.15) is 81.5 Å². The molecule has 1 aromatic carbocycles. The van der Waals surface area contributed by atoms with E-state index >= 15 is 0 Å². The Morgan fingerprint density at radius 3 is 2.59 bits per heavy atom. The van der Waals surface area contributed by atoms with E-state index in [1.54, 1.807) is 0 Å². The second-order valence-corrected chi connectivity index (χ2v) is 10.1. The maximum Gasteiger partial charge on any atom is 0.255 e. The van der Waals surface area contributed by atoms with Crippen molar-refractivity contribution in [1.82, 2.24) is 10.6 Å². The van der Waals surface area contributed by atoms with E-state index in [1.165, 1.54) is 25.7 Å².